The van der Waals surface area contributed by atoms with E-state index >= 15 is 0 Å². The number of rotatable bonds is 2. The molecule has 0 amide bonds. The maximum Gasteiger partial charge on any atom is 0.243 e. The van der Waals surface area contributed by atoms with Crippen LogP contribution in [0.3, 0.4) is 0 Å². The van der Waals surface area contributed by atoms with Gasteiger partial charge in [-0.3, -0.25) is 0 Å². The van der Waals surface area contributed by atoms with Gasteiger partial charge in [-0.2, -0.15) is 4.31 Å². The van der Waals surface area contributed by atoms with Gasteiger partial charge < -0.3 is 5.73 Å². The lowest BCUT2D eigenvalue weighted by Crippen LogP contribution is -2.26. The van der Waals surface area contributed by atoms with Gasteiger partial charge in [-0.1, -0.05) is 6.07 Å². The first-order chi connectivity index (χ1) is 9.88. The van der Waals surface area contributed by atoms with E-state index in [0.29, 0.717) is 24.3 Å². The number of aryl methyl sites for hydroxylation is 1. The van der Waals surface area contributed by atoms with Gasteiger partial charge in [0.2, 0.25) is 10.0 Å². The van der Waals surface area contributed by atoms with Crippen molar-refractivity contribution in [1.82, 2.24) is 4.31 Å². The molecule has 0 fully saturated rings. The molecule has 4 nitrogen and oxygen atoms in total. The highest BCUT2D eigenvalue weighted by atomic mass is 32.2. The lowest BCUT2D eigenvalue weighted by atomic mass is 10.1. The maximum atomic E-state index is 13.2. The topological polar surface area (TPSA) is 63.4 Å². The predicted octanol–water partition coefficient (Wildman–Crippen LogP) is 2.42. The van der Waals surface area contributed by atoms with Crippen molar-refractivity contribution in [3.8, 4) is 0 Å². The van der Waals surface area contributed by atoms with Crippen LogP contribution in [0.25, 0.3) is 0 Å². The van der Waals surface area contributed by atoms with Gasteiger partial charge in [-0.05, 0) is 53.9 Å². The number of fused-ring (bicyclic) bond motifs is 1. The molecule has 21 heavy (non-hydrogen) atoms. The minimum absolute atomic E-state index is 0.143. The van der Waals surface area contributed by atoms with Crippen LogP contribution in [0.5, 0.6) is 0 Å². The summed E-state index contributed by atoms with van der Waals surface area (Å²) in [5.74, 6) is -0.441. The first kappa shape index (κ1) is 14.0. The van der Waals surface area contributed by atoms with Crippen molar-refractivity contribution in [2.75, 3.05) is 5.73 Å². The monoisotopic (exact) mass is 306 g/mol. The van der Waals surface area contributed by atoms with Crippen LogP contribution < -0.4 is 5.73 Å². The van der Waals surface area contributed by atoms with E-state index in [1.807, 2.05) is 6.07 Å². The highest BCUT2D eigenvalue weighted by Gasteiger charge is 2.31. The third kappa shape index (κ3) is 2.41. The molecule has 2 aromatic carbocycles. The number of benzene rings is 2. The second kappa shape index (κ2) is 4.82. The number of hydrogen-bond donors (Lipinski definition) is 1. The number of anilines is 1. The molecule has 3 rings (SSSR count). The first-order valence-corrected chi connectivity index (χ1v) is 7.95. The molecule has 2 aromatic rings. The van der Waals surface area contributed by atoms with Crippen molar-refractivity contribution in [3.05, 3.63) is 58.9 Å². The maximum absolute atomic E-state index is 13.2. The summed E-state index contributed by atoms with van der Waals surface area (Å²) >= 11 is 0. The SMILES string of the molecule is Cc1cc(F)ccc1S(=O)(=O)N1Cc2ccc(N)cc2C1. The summed E-state index contributed by atoms with van der Waals surface area (Å²) < 4.78 is 39.9. The van der Waals surface area contributed by atoms with E-state index in [0.717, 1.165) is 11.1 Å². The van der Waals surface area contributed by atoms with E-state index in [4.69, 9.17) is 5.73 Å². The molecule has 0 atom stereocenters. The average molecular weight is 306 g/mol. The lowest BCUT2D eigenvalue weighted by molar-refractivity contribution is 0.431. The molecular formula is C15H15FN2O2S. The summed E-state index contributed by atoms with van der Waals surface area (Å²) in [5, 5.41) is 0. The highest BCUT2D eigenvalue weighted by Crippen LogP contribution is 2.31. The van der Waals surface area contributed by atoms with Crippen LogP contribution in [-0.4, -0.2) is 12.7 Å². The number of nitrogen functional groups attached to an aromatic ring is 1. The zero-order valence-electron chi connectivity index (χ0n) is 11.5. The largest absolute Gasteiger partial charge is 0.399 e. The Labute approximate surface area is 123 Å². The van der Waals surface area contributed by atoms with Crippen LogP contribution >= 0.6 is 0 Å². The Morgan fingerprint density at radius 1 is 1.10 bits per heavy atom. The smallest absolute Gasteiger partial charge is 0.243 e. The third-order valence-corrected chi connectivity index (χ3v) is 5.63. The van der Waals surface area contributed by atoms with Crippen LogP contribution in [0.4, 0.5) is 10.1 Å². The number of halogens is 1. The third-order valence-electron chi connectivity index (χ3n) is 3.68. The Hall–Kier alpha value is -1.92. The van der Waals surface area contributed by atoms with Crippen molar-refractivity contribution < 1.29 is 12.8 Å². The minimum Gasteiger partial charge on any atom is -0.399 e. The molecule has 0 saturated heterocycles. The Kier molecular flexibility index (Phi) is 3.22. The van der Waals surface area contributed by atoms with Crippen LogP contribution in [0.1, 0.15) is 16.7 Å². The Morgan fingerprint density at radius 2 is 1.81 bits per heavy atom. The van der Waals surface area contributed by atoms with Gasteiger partial charge in [0.15, 0.2) is 0 Å². The van der Waals surface area contributed by atoms with Crippen LogP contribution in [0.2, 0.25) is 0 Å². The van der Waals surface area contributed by atoms with Gasteiger partial charge in [-0.25, -0.2) is 12.8 Å². The Morgan fingerprint density at radius 3 is 2.52 bits per heavy atom. The molecule has 0 unspecified atom stereocenters. The van der Waals surface area contributed by atoms with Crippen LogP contribution in [0.15, 0.2) is 41.3 Å². The van der Waals surface area contributed by atoms with Crippen molar-refractivity contribution in [2.45, 2.75) is 24.9 Å². The molecule has 0 saturated carbocycles. The summed E-state index contributed by atoms with van der Waals surface area (Å²) in [5.41, 5.74) is 8.62. The molecular weight excluding hydrogens is 291 g/mol. The summed E-state index contributed by atoms with van der Waals surface area (Å²) in [4.78, 5) is 0.143. The summed E-state index contributed by atoms with van der Waals surface area (Å²) in [6.07, 6.45) is 0. The predicted molar refractivity (Wildman–Crippen MR) is 78.4 cm³/mol. The van der Waals surface area contributed by atoms with E-state index < -0.39 is 15.8 Å². The number of sulfonamides is 1. The summed E-state index contributed by atoms with van der Waals surface area (Å²) in [6.45, 7) is 2.20. The standard InChI is InChI=1S/C15H15FN2O2S/c1-10-6-13(16)3-5-15(10)21(19,20)18-8-11-2-4-14(17)7-12(11)9-18/h2-7H,8-9,17H2,1H3. The molecule has 0 radical (unpaired) electrons. The van der Waals surface area contributed by atoms with E-state index in [2.05, 4.69) is 0 Å². The molecule has 0 spiro atoms. The molecule has 2 N–H and O–H groups in total. The summed E-state index contributed by atoms with van der Waals surface area (Å²) in [7, 11) is -3.64. The normalized spacial score (nSPS) is 15.1. The molecule has 110 valence electrons. The Balaban J connectivity index is 1.98. The van der Waals surface area contributed by atoms with Gasteiger partial charge >= 0.3 is 0 Å². The van der Waals surface area contributed by atoms with E-state index in [-0.39, 0.29) is 4.90 Å². The second-order valence-corrected chi connectivity index (χ2v) is 7.12. The average Bonchev–Trinajstić information content (AvgIpc) is 2.81. The van der Waals surface area contributed by atoms with E-state index in [1.165, 1.54) is 22.5 Å². The van der Waals surface area contributed by atoms with Crippen LogP contribution in [-0.2, 0) is 23.1 Å². The molecule has 0 aliphatic carbocycles. The van der Waals surface area contributed by atoms with Crippen molar-refractivity contribution in [3.63, 3.8) is 0 Å². The van der Waals surface area contributed by atoms with Gasteiger partial charge in [0.25, 0.3) is 0 Å². The zero-order valence-corrected chi connectivity index (χ0v) is 12.3. The van der Waals surface area contributed by atoms with Crippen molar-refractivity contribution >= 4 is 15.7 Å². The van der Waals surface area contributed by atoms with Crippen molar-refractivity contribution in [2.24, 2.45) is 0 Å². The quantitative estimate of drug-likeness (QED) is 0.867. The number of nitrogens with zero attached hydrogens (tertiary/aromatic N) is 1. The number of hydrogen-bond acceptors (Lipinski definition) is 3. The molecule has 0 aromatic heterocycles. The molecule has 1 aliphatic rings. The van der Waals surface area contributed by atoms with E-state index in [1.54, 1.807) is 19.1 Å². The second-order valence-electron chi connectivity index (χ2n) is 5.21. The molecule has 1 heterocycles. The molecule has 1 aliphatic heterocycles. The highest BCUT2D eigenvalue weighted by molar-refractivity contribution is 7.89. The van der Waals surface area contributed by atoms with Gasteiger partial charge in [0.1, 0.15) is 5.82 Å². The lowest BCUT2D eigenvalue weighted by Gasteiger charge is -2.17. The molecule has 6 heteroatoms. The van der Waals surface area contributed by atoms with Gasteiger partial charge in [0, 0.05) is 18.8 Å². The van der Waals surface area contributed by atoms with Crippen molar-refractivity contribution in [1.29, 1.82) is 0 Å². The summed E-state index contributed by atoms with van der Waals surface area (Å²) in [6, 6.07) is 9.12. The molecule has 0 bridgehead atoms. The zero-order chi connectivity index (χ0) is 15.2. The van der Waals surface area contributed by atoms with Crippen LogP contribution in [0, 0.1) is 12.7 Å². The van der Waals surface area contributed by atoms with E-state index in [9.17, 15) is 12.8 Å². The minimum atomic E-state index is -3.64. The first-order valence-electron chi connectivity index (χ1n) is 6.51. The fourth-order valence-electron chi connectivity index (χ4n) is 2.59. The van der Waals surface area contributed by atoms with Gasteiger partial charge in [-0.15, -0.1) is 0 Å². The fraction of sp³-hybridized carbons (Fsp3) is 0.200. The Bertz CT molecular complexity index is 818. The van der Waals surface area contributed by atoms with Gasteiger partial charge in [0.05, 0.1) is 4.90 Å². The number of nitrogens with two attached hydrogens (primary N) is 1. The fourth-order valence-corrected chi connectivity index (χ4v) is 4.20.